The molecule has 1 aliphatic carbocycles. The number of aliphatic hydroxyl groups is 1. The van der Waals surface area contributed by atoms with Crippen molar-refractivity contribution in [2.75, 3.05) is 45.9 Å². The Bertz CT molecular complexity index is 465. The zero-order valence-corrected chi connectivity index (χ0v) is 17.3. The Morgan fingerprint density at radius 1 is 0.963 bits per heavy atom. The van der Waals surface area contributed by atoms with E-state index in [0.29, 0.717) is 32.6 Å². The van der Waals surface area contributed by atoms with Gasteiger partial charge in [-0.2, -0.15) is 0 Å². The largest absolute Gasteiger partial charge is 0.388 e. The van der Waals surface area contributed by atoms with Crippen LogP contribution in [-0.2, 0) is 4.74 Å². The van der Waals surface area contributed by atoms with Crippen LogP contribution in [0.3, 0.4) is 0 Å². The van der Waals surface area contributed by atoms with E-state index in [4.69, 9.17) is 9.73 Å². The van der Waals surface area contributed by atoms with Gasteiger partial charge in [-0.15, -0.1) is 0 Å². The zero-order valence-electron chi connectivity index (χ0n) is 17.3. The van der Waals surface area contributed by atoms with Crippen LogP contribution in [0.25, 0.3) is 0 Å². The standard InChI is InChI=1S/C21H40N4O2/c1-2-22-19(24-18-21(26)11-15-27-16-12-21)23-17-20(9-5-3-6-10-20)25-13-7-4-8-14-25/h26H,2-18H2,1H3,(H2,22,23,24). The lowest BCUT2D eigenvalue weighted by atomic mass is 9.79. The number of hydrogen-bond donors (Lipinski definition) is 3. The Morgan fingerprint density at radius 3 is 2.30 bits per heavy atom. The highest BCUT2D eigenvalue weighted by Crippen LogP contribution is 2.35. The molecule has 3 N–H and O–H groups in total. The van der Waals surface area contributed by atoms with Gasteiger partial charge in [0.25, 0.3) is 0 Å². The lowest BCUT2D eigenvalue weighted by Crippen LogP contribution is -2.55. The molecule has 156 valence electrons. The minimum Gasteiger partial charge on any atom is -0.388 e. The van der Waals surface area contributed by atoms with Gasteiger partial charge >= 0.3 is 0 Å². The van der Waals surface area contributed by atoms with E-state index in [1.165, 1.54) is 64.5 Å². The van der Waals surface area contributed by atoms with E-state index in [1.807, 2.05) is 0 Å². The summed E-state index contributed by atoms with van der Waals surface area (Å²) >= 11 is 0. The predicted molar refractivity (Wildman–Crippen MR) is 110 cm³/mol. The molecule has 3 rings (SSSR count). The molecule has 6 heteroatoms. The van der Waals surface area contributed by atoms with Gasteiger partial charge in [0.15, 0.2) is 5.96 Å². The van der Waals surface area contributed by atoms with Crippen molar-refractivity contribution in [1.82, 2.24) is 15.5 Å². The second kappa shape index (κ2) is 10.1. The molecule has 0 radical (unpaired) electrons. The van der Waals surface area contributed by atoms with E-state index in [1.54, 1.807) is 0 Å². The van der Waals surface area contributed by atoms with Crippen LogP contribution in [0.1, 0.15) is 71.1 Å². The third kappa shape index (κ3) is 5.81. The van der Waals surface area contributed by atoms with Crippen LogP contribution in [0.15, 0.2) is 4.99 Å². The maximum Gasteiger partial charge on any atom is 0.191 e. The van der Waals surface area contributed by atoms with Crippen LogP contribution in [0, 0.1) is 0 Å². The number of hydrogen-bond acceptors (Lipinski definition) is 4. The molecule has 3 aliphatic rings. The lowest BCUT2D eigenvalue weighted by Gasteiger charge is -2.47. The molecule has 2 heterocycles. The van der Waals surface area contributed by atoms with Crippen molar-refractivity contribution in [1.29, 1.82) is 0 Å². The molecule has 0 unspecified atom stereocenters. The van der Waals surface area contributed by atoms with Gasteiger partial charge in [-0.3, -0.25) is 9.89 Å². The highest BCUT2D eigenvalue weighted by molar-refractivity contribution is 5.79. The molecule has 3 fully saturated rings. The number of piperidine rings is 1. The predicted octanol–water partition coefficient (Wildman–Crippen LogP) is 2.27. The Kier molecular flexibility index (Phi) is 7.79. The molecular weight excluding hydrogens is 340 g/mol. The van der Waals surface area contributed by atoms with E-state index in [-0.39, 0.29) is 5.54 Å². The van der Waals surface area contributed by atoms with Gasteiger partial charge < -0.3 is 20.5 Å². The number of guanidine groups is 1. The number of ether oxygens (including phenoxy) is 1. The van der Waals surface area contributed by atoms with E-state index in [2.05, 4.69) is 22.5 Å². The summed E-state index contributed by atoms with van der Waals surface area (Å²) in [6.45, 7) is 8.10. The van der Waals surface area contributed by atoms with Crippen molar-refractivity contribution in [3.05, 3.63) is 0 Å². The van der Waals surface area contributed by atoms with Crippen molar-refractivity contribution in [2.45, 2.75) is 82.3 Å². The molecule has 0 aromatic heterocycles. The summed E-state index contributed by atoms with van der Waals surface area (Å²) < 4.78 is 5.39. The van der Waals surface area contributed by atoms with E-state index in [0.717, 1.165) is 19.0 Å². The molecule has 1 saturated carbocycles. The Labute approximate surface area is 165 Å². The summed E-state index contributed by atoms with van der Waals surface area (Å²) in [5.41, 5.74) is -0.430. The van der Waals surface area contributed by atoms with E-state index >= 15 is 0 Å². The summed E-state index contributed by atoms with van der Waals surface area (Å²) in [6.07, 6.45) is 12.0. The minimum absolute atomic E-state index is 0.247. The van der Waals surface area contributed by atoms with E-state index < -0.39 is 5.60 Å². The van der Waals surface area contributed by atoms with Crippen LogP contribution in [-0.4, -0.2) is 73.0 Å². The summed E-state index contributed by atoms with van der Waals surface area (Å²) in [4.78, 5) is 7.76. The Hall–Kier alpha value is -0.850. The zero-order chi connectivity index (χ0) is 19.0. The fraction of sp³-hybridized carbons (Fsp3) is 0.952. The SMILES string of the molecule is CCNC(=NCC1(N2CCCCC2)CCCCC1)NCC1(O)CCOCC1. The molecule has 6 nitrogen and oxygen atoms in total. The Balaban J connectivity index is 1.63. The molecule has 2 aliphatic heterocycles. The van der Waals surface area contributed by atoms with Gasteiger partial charge in [0.2, 0.25) is 0 Å². The average molecular weight is 381 g/mol. The minimum atomic E-state index is -0.677. The molecule has 0 atom stereocenters. The molecule has 0 aromatic rings. The normalized spacial score (nSPS) is 26.5. The van der Waals surface area contributed by atoms with Crippen LogP contribution < -0.4 is 10.6 Å². The van der Waals surface area contributed by atoms with Crippen molar-refractivity contribution in [2.24, 2.45) is 4.99 Å². The fourth-order valence-electron chi connectivity index (χ4n) is 4.90. The van der Waals surface area contributed by atoms with Crippen molar-refractivity contribution >= 4 is 5.96 Å². The van der Waals surface area contributed by atoms with Gasteiger partial charge in [0, 0.05) is 44.7 Å². The third-order valence-corrected chi connectivity index (χ3v) is 6.70. The van der Waals surface area contributed by atoms with Gasteiger partial charge in [-0.1, -0.05) is 25.7 Å². The van der Waals surface area contributed by atoms with Gasteiger partial charge in [-0.25, -0.2) is 0 Å². The number of likely N-dealkylation sites (tertiary alicyclic amines) is 1. The first-order valence-electron chi connectivity index (χ1n) is 11.2. The molecule has 27 heavy (non-hydrogen) atoms. The highest BCUT2D eigenvalue weighted by Gasteiger charge is 2.38. The van der Waals surface area contributed by atoms with Crippen molar-refractivity contribution < 1.29 is 9.84 Å². The first-order chi connectivity index (χ1) is 13.2. The van der Waals surface area contributed by atoms with Crippen molar-refractivity contribution in [3.63, 3.8) is 0 Å². The molecule has 0 spiro atoms. The van der Waals surface area contributed by atoms with Crippen LogP contribution >= 0.6 is 0 Å². The first kappa shape index (κ1) is 20.9. The van der Waals surface area contributed by atoms with Gasteiger partial charge in [-0.05, 0) is 45.7 Å². The van der Waals surface area contributed by atoms with Crippen molar-refractivity contribution in [3.8, 4) is 0 Å². The monoisotopic (exact) mass is 380 g/mol. The smallest absolute Gasteiger partial charge is 0.191 e. The third-order valence-electron chi connectivity index (χ3n) is 6.70. The van der Waals surface area contributed by atoms with Gasteiger partial charge in [0.1, 0.15) is 0 Å². The average Bonchev–Trinajstić information content (AvgIpc) is 2.72. The summed E-state index contributed by atoms with van der Waals surface area (Å²) in [5.74, 6) is 0.847. The number of nitrogens with one attached hydrogen (secondary N) is 2. The summed E-state index contributed by atoms with van der Waals surface area (Å²) in [5, 5.41) is 17.5. The van der Waals surface area contributed by atoms with Crippen LogP contribution in [0.4, 0.5) is 0 Å². The summed E-state index contributed by atoms with van der Waals surface area (Å²) in [6, 6.07) is 0. The lowest BCUT2D eigenvalue weighted by molar-refractivity contribution is -0.0594. The molecule has 0 bridgehead atoms. The van der Waals surface area contributed by atoms with E-state index in [9.17, 15) is 5.11 Å². The van der Waals surface area contributed by atoms with Gasteiger partial charge in [0.05, 0.1) is 12.1 Å². The number of nitrogens with zero attached hydrogens (tertiary/aromatic N) is 2. The second-order valence-electron chi connectivity index (χ2n) is 8.72. The highest BCUT2D eigenvalue weighted by atomic mass is 16.5. The molecule has 2 saturated heterocycles. The fourth-order valence-corrected chi connectivity index (χ4v) is 4.90. The number of rotatable bonds is 6. The van der Waals surface area contributed by atoms with Crippen LogP contribution in [0.5, 0.6) is 0 Å². The quantitative estimate of drug-likeness (QED) is 0.487. The summed E-state index contributed by atoms with van der Waals surface area (Å²) in [7, 11) is 0. The molecule has 0 aromatic carbocycles. The molecule has 0 amide bonds. The molecular formula is C21H40N4O2. The number of aliphatic imine (C=N–C) groups is 1. The Morgan fingerprint density at radius 2 is 1.63 bits per heavy atom. The second-order valence-corrected chi connectivity index (χ2v) is 8.72. The maximum absolute atomic E-state index is 10.7. The maximum atomic E-state index is 10.7. The topological polar surface area (TPSA) is 69.1 Å². The first-order valence-corrected chi connectivity index (χ1v) is 11.2. The van der Waals surface area contributed by atoms with Crippen LogP contribution in [0.2, 0.25) is 0 Å².